The Morgan fingerprint density at radius 3 is 1.92 bits per heavy atom. The summed E-state index contributed by atoms with van der Waals surface area (Å²) in [5, 5.41) is 24.5. The van der Waals surface area contributed by atoms with Gasteiger partial charge >= 0.3 is 24.3 Å². The molecule has 10 nitrogen and oxygen atoms in total. The number of carboxylic acid groups (broad SMARTS) is 2. The molecule has 3 rings (SSSR count). The molecule has 0 aliphatic carbocycles. The highest BCUT2D eigenvalue weighted by molar-refractivity contribution is 6.43. The van der Waals surface area contributed by atoms with Crippen LogP contribution in [0.1, 0.15) is 25.5 Å². The third-order valence-corrected chi connectivity index (χ3v) is 5.74. The largest absolute Gasteiger partial charge is 0.490 e. The van der Waals surface area contributed by atoms with Gasteiger partial charge in [-0.3, -0.25) is 0 Å². The Hall–Kier alpha value is -3.55. The second kappa shape index (κ2) is 13.0. The molecule has 39 heavy (non-hydrogen) atoms. The molecule has 1 aliphatic rings. The van der Waals surface area contributed by atoms with E-state index in [0.717, 1.165) is 12.8 Å². The first-order valence-electron chi connectivity index (χ1n) is 10.4. The first-order chi connectivity index (χ1) is 17.7. The SMILES string of the molecule is CC1(N)CCN(c2nc(N)c(-c3cccc(Cl)c3Cl)c(C#N)n2)CC1.O=C(O)C(F)(F)F.O=C(O)C(F)(F)F. The molecule has 0 unspecified atom stereocenters. The summed E-state index contributed by atoms with van der Waals surface area (Å²) < 4.78 is 63.5. The van der Waals surface area contributed by atoms with Gasteiger partial charge in [0.05, 0.1) is 15.6 Å². The van der Waals surface area contributed by atoms with Gasteiger partial charge in [-0.05, 0) is 25.8 Å². The lowest BCUT2D eigenvalue weighted by molar-refractivity contribution is -0.193. The van der Waals surface area contributed by atoms with Gasteiger partial charge in [-0.1, -0.05) is 35.3 Å². The minimum atomic E-state index is -5.08. The van der Waals surface area contributed by atoms with Gasteiger partial charge in [0.25, 0.3) is 0 Å². The van der Waals surface area contributed by atoms with Gasteiger partial charge < -0.3 is 26.6 Å². The van der Waals surface area contributed by atoms with Gasteiger partial charge in [-0.25, -0.2) is 14.6 Å². The lowest BCUT2D eigenvalue weighted by Gasteiger charge is -2.36. The molecular weight excluding hydrogens is 585 g/mol. The normalized spacial score (nSPS) is 14.6. The average molecular weight is 605 g/mol. The Balaban J connectivity index is 0.000000449. The molecule has 0 atom stereocenters. The fraction of sp³-hybridized carbons (Fsp3) is 0.381. The highest BCUT2D eigenvalue weighted by Gasteiger charge is 2.39. The maximum Gasteiger partial charge on any atom is 0.490 e. The van der Waals surface area contributed by atoms with Crippen molar-refractivity contribution in [1.29, 1.82) is 5.26 Å². The van der Waals surface area contributed by atoms with E-state index in [4.69, 9.17) is 54.5 Å². The van der Waals surface area contributed by atoms with Crippen LogP contribution in [-0.4, -0.2) is 63.1 Å². The van der Waals surface area contributed by atoms with Crippen molar-refractivity contribution in [2.75, 3.05) is 23.7 Å². The van der Waals surface area contributed by atoms with E-state index in [1.54, 1.807) is 18.2 Å². The third-order valence-electron chi connectivity index (χ3n) is 4.93. The van der Waals surface area contributed by atoms with E-state index in [9.17, 15) is 31.6 Å². The van der Waals surface area contributed by atoms with Crippen molar-refractivity contribution >= 4 is 46.9 Å². The summed E-state index contributed by atoms with van der Waals surface area (Å²) in [5.41, 5.74) is 13.3. The third kappa shape index (κ3) is 9.93. The minimum absolute atomic E-state index is 0.174. The monoisotopic (exact) mass is 604 g/mol. The van der Waals surface area contributed by atoms with Crippen LogP contribution in [0, 0.1) is 11.3 Å². The number of hydrogen-bond donors (Lipinski definition) is 4. The van der Waals surface area contributed by atoms with E-state index in [1.807, 2.05) is 11.8 Å². The van der Waals surface area contributed by atoms with Crippen LogP contribution in [-0.2, 0) is 9.59 Å². The fourth-order valence-electron chi connectivity index (χ4n) is 2.87. The Labute approximate surface area is 226 Å². The van der Waals surface area contributed by atoms with Crippen LogP contribution in [0.15, 0.2) is 18.2 Å². The van der Waals surface area contributed by atoms with E-state index >= 15 is 0 Å². The van der Waals surface area contributed by atoms with Crippen LogP contribution in [0.5, 0.6) is 0 Å². The molecule has 2 aromatic rings. The quantitative estimate of drug-likeness (QED) is 0.357. The number of nitriles is 1. The number of nitrogen functional groups attached to an aromatic ring is 1. The predicted molar refractivity (Wildman–Crippen MR) is 128 cm³/mol. The molecule has 214 valence electrons. The first kappa shape index (κ1) is 33.5. The number of aliphatic carboxylic acids is 2. The molecule has 2 heterocycles. The van der Waals surface area contributed by atoms with E-state index in [2.05, 4.69) is 16.0 Å². The molecule has 6 N–H and O–H groups in total. The number of carbonyl (C=O) groups is 2. The number of anilines is 2. The van der Waals surface area contributed by atoms with Gasteiger partial charge in [-0.15, -0.1) is 0 Å². The van der Waals surface area contributed by atoms with Crippen molar-refractivity contribution in [2.24, 2.45) is 5.73 Å². The van der Waals surface area contributed by atoms with E-state index < -0.39 is 24.3 Å². The minimum Gasteiger partial charge on any atom is -0.475 e. The number of nitrogens with zero attached hydrogens (tertiary/aromatic N) is 4. The maximum atomic E-state index is 10.6. The van der Waals surface area contributed by atoms with Gasteiger partial charge in [-0.2, -0.15) is 36.6 Å². The van der Waals surface area contributed by atoms with Crippen LogP contribution in [0.25, 0.3) is 11.1 Å². The zero-order valence-electron chi connectivity index (χ0n) is 19.7. The lowest BCUT2D eigenvalue weighted by Crippen LogP contribution is -2.48. The van der Waals surface area contributed by atoms with E-state index in [-0.39, 0.29) is 17.1 Å². The topological polar surface area (TPSA) is 179 Å². The van der Waals surface area contributed by atoms with Gasteiger partial charge in [0.2, 0.25) is 5.95 Å². The van der Waals surface area contributed by atoms with Gasteiger partial charge in [0.1, 0.15) is 11.9 Å². The second-order valence-corrected chi connectivity index (χ2v) is 8.88. The number of alkyl halides is 6. The van der Waals surface area contributed by atoms with Crippen molar-refractivity contribution in [3.8, 4) is 17.2 Å². The number of carboxylic acids is 2. The summed E-state index contributed by atoms with van der Waals surface area (Å²) in [6.07, 6.45) is -8.53. The van der Waals surface area contributed by atoms with Crippen LogP contribution in [0.4, 0.5) is 38.1 Å². The summed E-state index contributed by atoms with van der Waals surface area (Å²) in [6.45, 7) is 3.47. The highest BCUT2D eigenvalue weighted by Crippen LogP contribution is 2.38. The molecule has 0 bridgehead atoms. The molecule has 0 saturated carbocycles. The summed E-state index contributed by atoms with van der Waals surface area (Å²) in [5.74, 6) is -4.88. The van der Waals surface area contributed by atoms with Crippen LogP contribution < -0.4 is 16.4 Å². The number of nitrogens with two attached hydrogens (primary N) is 2. The molecule has 0 amide bonds. The average Bonchev–Trinajstić information content (AvgIpc) is 2.80. The number of benzene rings is 1. The molecule has 1 aliphatic heterocycles. The first-order valence-corrected chi connectivity index (χ1v) is 11.1. The summed E-state index contributed by atoms with van der Waals surface area (Å²) >= 11 is 12.3. The number of piperidine rings is 1. The molecule has 0 radical (unpaired) electrons. The lowest BCUT2D eigenvalue weighted by atomic mass is 9.91. The standard InChI is InChI=1S/C17H18Cl2N6.2C2HF3O2/c1-17(22)5-7-25(8-6-17)16-23-12(9-20)13(15(21)24-16)10-3-2-4-11(18)14(10)19;2*3-2(4,5)1(6)7/h2-4H,5-8,22H2,1H3,(H2,21,23,24);2*(H,6,7). The zero-order chi connectivity index (χ0) is 30.3. The fourth-order valence-corrected chi connectivity index (χ4v) is 3.26. The Bertz CT molecular complexity index is 1220. The van der Waals surface area contributed by atoms with Crippen LogP contribution in [0.3, 0.4) is 0 Å². The Morgan fingerprint density at radius 2 is 1.51 bits per heavy atom. The van der Waals surface area contributed by atoms with Gasteiger partial charge in [0.15, 0.2) is 5.69 Å². The van der Waals surface area contributed by atoms with E-state index in [1.165, 1.54) is 0 Å². The molecule has 1 aromatic carbocycles. The van der Waals surface area contributed by atoms with Crippen molar-refractivity contribution in [3.63, 3.8) is 0 Å². The zero-order valence-corrected chi connectivity index (χ0v) is 21.3. The summed E-state index contributed by atoms with van der Waals surface area (Å²) in [6, 6.07) is 7.24. The molecule has 18 heteroatoms. The number of halogens is 8. The Kier molecular flexibility index (Phi) is 11.2. The van der Waals surface area contributed by atoms with Gasteiger partial charge in [0, 0.05) is 24.2 Å². The number of hydrogen-bond acceptors (Lipinski definition) is 8. The number of rotatable bonds is 2. The summed E-state index contributed by atoms with van der Waals surface area (Å²) in [4.78, 5) is 28.6. The van der Waals surface area contributed by atoms with Crippen molar-refractivity contribution < 1.29 is 46.1 Å². The molecule has 1 saturated heterocycles. The van der Waals surface area contributed by atoms with Crippen molar-refractivity contribution in [2.45, 2.75) is 37.7 Å². The molecule has 1 fully saturated rings. The Morgan fingerprint density at radius 1 is 1.05 bits per heavy atom. The van der Waals surface area contributed by atoms with E-state index in [0.29, 0.717) is 40.2 Å². The van der Waals surface area contributed by atoms with Crippen LogP contribution in [0.2, 0.25) is 10.0 Å². The highest BCUT2D eigenvalue weighted by atomic mass is 35.5. The van der Waals surface area contributed by atoms with Crippen molar-refractivity contribution in [3.05, 3.63) is 33.9 Å². The number of aromatic nitrogens is 2. The summed E-state index contributed by atoms with van der Waals surface area (Å²) in [7, 11) is 0. The maximum absolute atomic E-state index is 10.6. The molecule has 0 spiro atoms. The van der Waals surface area contributed by atoms with Crippen molar-refractivity contribution in [1.82, 2.24) is 9.97 Å². The van der Waals surface area contributed by atoms with Crippen LogP contribution >= 0.6 is 23.2 Å². The smallest absolute Gasteiger partial charge is 0.475 e. The molecular formula is C21H20Cl2F6N6O4. The molecule has 1 aromatic heterocycles. The predicted octanol–water partition coefficient (Wildman–Crippen LogP) is 4.49. The second-order valence-electron chi connectivity index (χ2n) is 8.09.